The molecule has 0 fully saturated rings. The van der Waals surface area contributed by atoms with Crippen LogP contribution in [-0.4, -0.2) is 48.2 Å². The van der Waals surface area contributed by atoms with E-state index in [1.807, 2.05) is 20.8 Å². The van der Waals surface area contributed by atoms with Crippen LogP contribution in [0.15, 0.2) is 0 Å². The third kappa shape index (κ3) is 9.75. The second-order valence-corrected chi connectivity index (χ2v) is 8.63. The molecule has 152 valence electrons. The Hall–Kier alpha value is -1.63. The minimum Gasteiger partial charge on any atom is -0.460 e. The molecule has 7 heteroatoms. The predicted molar refractivity (Wildman–Crippen MR) is 100 cm³/mol. The third-order valence-electron chi connectivity index (χ3n) is 3.83. The third-order valence-corrected chi connectivity index (χ3v) is 3.83. The van der Waals surface area contributed by atoms with E-state index in [1.165, 1.54) is 7.05 Å². The first kappa shape index (κ1) is 24.4. The van der Waals surface area contributed by atoms with Gasteiger partial charge in [0.15, 0.2) is 0 Å². The molecule has 0 saturated heterocycles. The van der Waals surface area contributed by atoms with E-state index in [0.717, 1.165) is 0 Å². The van der Waals surface area contributed by atoms with Crippen molar-refractivity contribution in [1.29, 1.82) is 0 Å². The highest BCUT2D eigenvalue weighted by Gasteiger charge is 2.34. The monoisotopic (exact) mass is 372 g/mol. The lowest BCUT2D eigenvalue weighted by molar-refractivity contribution is -0.157. The zero-order valence-corrected chi connectivity index (χ0v) is 17.3. The molecule has 0 rings (SSSR count). The molecule has 0 spiro atoms. The van der Waals surface area contributed by atoms with Crippen LogP contribution in [0, 0.1) is 11.3 Å². The number of nitrogens with one attached hydrogen (secondary N) is 2. The number of likely N-dealkylation sites (N-methyl/N-ethyl adjacent to an activating group) is 1. The van der Waals surface area contributed by atoms with E-state index in [4.69, 9.17) is 9.84 Å². The van der Waals surface area contributed by atoms with Gasteiger partial charge in [-0.2, -0.15) is 0 Å². The Balaban J connectivity index is 5.17. The van der Waals surface area contributed by atoms with Crippen molar-refractivity contribution in [2.45, 2.75) is 78.9 Å². The Bertz CT molecular complexity index is 477. The zero-order chi connectivity index (χ0) is 20.5. The molecule has 0 aliphatic carbocycles. The molecule has 0 aromatic heterocycles. The molecule has 0 unspecified atom stereocenters. The van der Waals surface area contributed by atoms with Gasteiger partial charge in [-0.3, -0.25) is 14.4 Å². The maximum Gasteiger partial charge on any atom is 0.307 e. The first-order valence-electron chi connectivity index (χ1n) is 9.16. The number of carbonyl (C=O) groups is 3. The molecule has 7 nitrogen and oxygen atoms in total. The van der Waals surface area contributed by atoms with Crippen LogP contribution in [-0.2, 0) is 19.1 Å². The number of hydrogen-bond donors (Lipinski definition) is 3. The lowest BCUT2D eigenvalue weighted by Gasteiger charge is -2.31. The number of hydrogen-bond acceptors (Lipinski definition) is 5. The van der Waals surface area contributed by atoms with Gasteiger partial charge in [-0.15, -0.1) is 0 Å². The van der Waals surface area contributed by atoms with Gasteiger partial charge in [-0.1, -0.05) is 27.2 Å². The van der Waals surface area contributed by atoms with Crippen LogP contribution in [0.5, 0.6) is 0 Å². The SMILES string of the molecule is CNC(=O)[C@@H](NC(=O)[C@H](CCCCO)CC(=O)OC(C)(C)C)C(C)(C)C. The van der Waals surface area contributed by atoms with E-state index in [0.29, 0.717) is 19.3 Å². The summed E-state index contributed by atoms with van der Waals surface area (Å²) in [6.45, 7) is 10.9. The van der Waals surface area contributed by atoms with Crippen molar-refractivity contribution in [2.24, 2.45) is 11.3 Å². The Labute approximate surface area is 157 Å². The summed E-state index contributed by atoms with van der Waals surface area (Å²) < 4.78 is 5.32. The second kappa shape index (κ2) is 10.5. The molecule has 0 radical (unpaired) electrons. The van der Waals surface area contributed by atoms with Gasteiger partial charge in [-0.05, 0) is 39.0 Å². The number of ether oxygens (including phenoxy) is 1. The van der Waals surface area contributed by atoms with Crippen LogP contribution in [0.2, 0.25) is 0 Å². The summed E-state index contributed by atoms with van der Waals surface area (Å²) in [5, 5.41) is 14.3. The lowest BCUT2D eigenvalue weighted by Crippen LogP contribution is -2.54. The number of aliphatic hydroxyl groups excluding tert-OH is 1. The largest absolute Gasteiger partial charge is 0.460 e. The Kier molecular flexibility index (Phi) is 9.84. The van der Waals surface area contributed by atoms with Crippen molar-refractivity contribution in [3.05, 3.63) is 0 Å². The maximum atomic E-state index is 12.8. The summed E-state index contributed by atoms with van der Waals surface area (Å²) in [6, 6.07) is -0.709. The van der Waals surface area contributed by atoms with Crippen LogP contribution < -0.4 is 10.6 Å². The van der Waals surface area contributed by atoms with Gasteiger partial charge in [0.1, 0.15) is 11.6 Å². The van der Waals surface area contributed by atoms with Gasteiger partial charge in [-0.25, -0.2) is 0 Å². The number of rotatable bonds is 9. The van der Waals surface area contributed by atoms with Crippen LogP contribution in [0.1, 0.15) is 67.2 Å². The van der Waals surface area contributed by atoms with Gasteiger partial charge >= 0.3 is 5.97 Å². The van der Waals surface area contributed by atoms with Crippen molar-refractivity contribution < 1.29 is 24.2 Å². The average molecular weight is 373 g/mol. The number of unbranched alkanes of at least 4 members (excludes halogenated alkanes) is 1. The lowest BCUT2D eigenvalue weighted by atomic mass is 9.85. The minimum absolute atomic E-state index is 0.0314. The van der Waals surface area contributed by atoms with Gasteiger partial charge in [0.05, 0.1) is 6.42 Å². The fraction of sp³-hybridized carbons (Fsp3) is 0.842. The molecule has 26 heavy (non-hydrogen) atoms. The molecule has 0 aromatic rings. The zero-order valence-electron chi connectivity index (χ0n) is 17.3. The molecular formula is C19H36N2O5. The maximum absolute atomic E-state index is 12.8. The molecule has 2 atom stereocenters. The topological polar surface area (TPSA) is 105 Å². The molecule has 0 aliphatic heterocycles. The van der Waals surface area contributed by atoms with Crippen molar-refractivity contribution >= 4 is 17.8 Å². The fourth-order valence-electron chi connectivity index (χ4n) is 2.49. The molecule has 3 N–H and O–H groups in total. The normalized spacial score (nSPS) is 14.3. The fourth-order valence-corrected chi connectivity index (χ4v) is 2.49. The van der Waals surface area contributed by atoms with Crippen LogP contribution in [0.25, 0.3) is 0 Å². The average Bonchev–Trinajstić information content (AvgIpc) is 2.47. The highest BCUT2D eigenvalue weighted by atomic mass is 16.6. The molecule has 0 heterocycles. The Morgan fingerprint density at radius 1 is 1.00 bits per heavy atom. The summed E-state index contributed by atoms with van der Waals surface area (Å²) in [7, 11) is 1.52. The van der Waals surface area contributed by atoms with Gasteiger partial charge in [0, 0.05) is 19.6 Å². The van der Waals surface area contributed by atoms with Crippen LogP contribution >= 0.6 is 0 Å². The standard InChI is InChI=1S/C19H36N2O5/c1-18(2,3)15(17(25)20-7)21-16(24)13(10-8-9-11-22)12-14(23)26-19(4,5)6/h13,15,22H,8-12H2,1-7H3,(H,20,25)(H,21,24)/t13-,15-/m1/s1. The van der Waals surface area contributed by atoms with Crippen molar-refractivity contribution in [3.8, 4) is 0 Å². The van der Waals surface area contributed by atoms with E-state index in [1.54, 1.807) is 20.8 Å². The molecule has 0 aromatic carbocycles. The highest BCUT2D eigenvalue weighted by molar-refractivity contribution is 5.90. The van der Waals surface area contributed by atoms with E-state index in [-0.39, 0.29) is 24.8 Å². The number of carbonyl (C=O) groups excluding carboxylic acids is 3. The summed E-state index contributed by atoms with van der Waals surface area (Å²) in [6.07, 6.45) is 1.54. The van der Waals surface area contributed by atoms with Crippen LogP contribution in [0.4, 0.5) is 0 Å². The van der Waals surface area contributed by atoms with Gasteiger partial charge in [0.25, 0.3) is 0 Å². The predicted octanol–water partition coefficient (Wildman–Crippen LogP) is 1.77. The van der Waals surface area contributed by atoms with E-state index >= 15 is 0 Å². The summed E-state index contributed by atoms with van der Waals surface area (Å²) in [5.41, 5.74) is -1.10. The van der Waals surface area contributed by atoms with Gasteiger partial charge < -0.3 is 20.5 Å². The first-order chi connectivity index (χ1) is 11.8. The Morgan fingerprint density at radius 2 is 1.58 bits per heavy atom. The van der Waals surface area contributed by atoms with E-state index in [2.05, 4.69) is 10.6 Å². The van der Waals surface area contributed by atoms with Gasteiger partial charge in [0.2, 0.25) is 11.8 Å². The number of aliphatic hydroxyl groups is 1. The van der Waals surface area contributed by atoms with Crippen molar-refractivity contribution in [1.82, 2.24) is 10.6 Å². The summed E-state index contributed by atoms with van der Waals surface area (Å²) >= 11 is 0. The van der Waals surface area contributed by atoms with Crippen LogP contribution in [0.3, 0.4) is 0 Å². The van der Waals surface area contributed by atoms with E-state index < -0.39 is 28.9 Å². The first-order valence-corrected chi connectivity index (χ1v) is 9.16. The molecule has 0 saturated carbocycles. The van der Waals surface area contributed by atoms with E-state index in [9.17, 15) is 14.4 Å². The van der Waals surface area contributed by atoms with Crippen molar-refractivity contribution in [2.75, 3.05) is 13.7 Å². The summed E-state index contributed by atoms with van der Waals surface area (Å²) in [5.74, 6) is -1.69. The summed E-state index contributed by atoms with van der Waals surface area (Å²) in [4.78, 5) is 37.0. The highest BCUT2D eigenvalue weighted by Crippen LogP contribution is 2.22. The smallest absolute Gasteiger partial charge is 0.307 e. The molecule has 0 aliphatic rings. The Morgan fingerprint density at radius 3 is 2.00 bits per heavy atom. The molecule has 2 amide bonds. The minimum atomic E-state index is -0.709. The molecular weight excluding hydrogens is 336 g/mol. The van der Waals surface area contributed by atoms with Crippen molar-refractivity contribution in [3.63, 3.8) is 0 Å². The second-order valence-electron chi connectivity index (χ2n) is 8.63. The number of esters is 1. The number of amides is 2. The molecule has 0 bridgehead atoms. The quantitative estimate of drug-likeness (QED) is 0.423.